The monoisotopic (exact) mass is 234 g/mol. The van der Waals surface area contributed by atoms with Crippen LogP contribution < -0.4 is 5.32 Å². The minimum atomic E-state index is -0.331. The van der Waals surface area contributed by atoms with Crippen LogP contribution in [0.5, 0.6) is 0 Å². The molecule has 1 heterocycles. The van der Waals surface area contributed by atoms with E-state index in [2.05, 4.69) is 15.0 Å². The predicted octanol–water partition coefficient (Wildman–Crippen LogP) is 1.44. The molecule has 1 saturated heterocycles. The lowest BCUT2D eigenvalue weighted by Gasteiger charge is -2.15. The maximum Gasteiger partial charge on any atom is 0.407 e. The molecule has 88 valence electrons. The quantitative estimate of drug-likeness (QED) is 0.578. The Labute approximate surface area is 95.9 Å². The number of carbonyl (C=O) groups is 1. The Morgan fingerprint density at radius 2 is 2.40 bits per heavy atom. The van der Waals surface area contributed by atoms with Gasteiger partial charge in [0, 0.05) is 25.0 Å². The standard InChI is InChI=1S/C10H19ClN2O2/c1-15-10(14)12-9-4-7-13(8-9)6-3-2-5-11/h9H,2-8H2,1H3,(H,12,14). The average Bonchev–Trinajstić information content (AvgIpc) is 2.66. The second kappa shape index (κ2) is 6.90. The molecule has 4 nitrogen and oxygen atoms in total. The van der Waals surface area contributed by atoms with Crippen LogP contribution in [0.25, 0.3) is 0 Å². The number of ether oxygens (including phenoxy) is 1. The van der Waals surface area contributed by atoms with Crippen LogP contribution in [0.4, 0.5) is 4.79 Å². The number of alkyl halides is 1. The predicted molar refractivity (Wildman–Crippen MR) is 60.3 cm³/mol. The van der Waals surface area contributed by atoms with Gasteiger partial charge in [-0.2, -0.15) is 0 Å². The van der Waals surface area contributed by atoms with Gasteiger partial charge in [-0.15, -0.1) is 11.6 Å². The summed E-state index contributed by atoms with van der Waals surface area (Å²) in [4.78, 5) is 13.3. The Hall–Kier alpha value is -0.480. The summed E-state index contributed by atoms with van der Waals surface area (Å²) in [5.41, 5.74) is 0. The molecule has 0 aromatic carbocycles. The fraction of sp³-hybridized carbons (Fsp3) is 0.900. The third-order valence-corrected chi connectivity index (χ3v) is 2.90. The minimum Gasteiger partial charge on any atom is -0.453 e. The van der Waals surface area contributed by atoms with E-state index >= 15 is 0 Å². The Bertz CT molecular complexity index is 202. The van der Waals surface area contributed by atoms with Crippen molar-refractivity contribution in [2.45, 2.75) is 25.3 Å². The zero-order valence-corrected chi connectivity index (χ0v) is 9.92. The third kappa shape index (κ3) is 4.71. The molecule has 0 saturated carbocycles. The van der Waals surface area contributed by atoms with Crippen molar-refractivity contribution in [2.24, 2.45) is 0 Å². The van der Waals surface area contributed by atoms with Crippen molar-refractivity contribution in [3.05, 3.63) is 0 Å². The van der Waals surface area contributed by atoms with E-state index in [9.17, 15) is 4.79 Å². The van der Waals surface area contributed by atoms with Crippen molar-refractivity contribution in [2.75, 3.05) is 32.6 Å². The minimum absolute atomic E-state index is 0.244. The molecular formula is C10H19ClN2O2. The number of amides is 1. The van der Waals surface area contributed by atoms with Crippen molar-refractivity contribution in [1.29, 1.82) is 0 Å². The van der Waals surface area contributed by atoms with Gasteiger partial charge in [-0.3, -0.25) is 0 Å². The number of likely N-dealkylation sites (tertiary alicyclic amines) is 1. The van der Waals surface area contributed by atoms with Crippen LogP contribution in [0.1, 0.15) is 19.3 Å². The summed E-state index contributed by atoms with van der Waals surface area (Å²) in [6.45, 7) is 3.06. The lowest BCUT2D eigenvalue weighted by atomic mass is 10.3. The van der Waals surface area contributed by atoms with E-state index < -0.39 is 0 Å². The molecule has 1 rings (SSSR count). The first kappa shape index (κ1) is 12.6. The molecule has 0 radical (unpaired) electrons. The SMILES string of the molecule is COC(=O)NC1CCN(CCCCCl)C1. The molecule has 1 aliphatic rings. The molecule has 0 aromatic rings. The largest absolute Gasteiger partial charge is 0.453 e. The van der Waals surface area contributed by atoms with Crippen LogP contribution >= 0.6 is 11.6 Å². The summed E-state index contributed by atoms with van der Waals surface area (Å²) in [7, 11) is 1.39. The summed E-state index contributed by atoms with van der Waals surface area (Å²) in [5.74, 6) is 0.734. The maximum atomic E-state index is 11.0. The molecule has 5 heteroatoms. The van der Waals surface area contributed by atoms with Gasteiger partial charge in [0.15, 0.2) is 0 Å². The Morgan fingerprint density at radius 1 is 1.60 bits per heavy atom. The number of carbonyl (C=O) groups excluding carboxylic acids is 1. The van der Waals surface area contributed by atoms with E-state index in [1.54, 1.807) is 0 Å². The second-order valence-electron chi connectivity index (χ2n) is 3.82. The van der Waals surface area contributed by atoms with Gasteiger partial charge < -0.3 is 15.0 Å². The molecule has 0 aromatic heterocycles. The molecule has 1 unspecified atom stereocenters. The van der Waals surface area contributed by atoms with Gasteiger partial charge >= 0.3 is 6.09 Å². The van der Waals surface area contributed by atoms with E-state index in [0.29, 0.717) is 0 Å². The normalized spacial score (nSPS) is 21.6. The van der Waals surface area contributed by atoms with Crippen LogP contribution in [0.2, 0.25) is 0 Å². The summed E-state index contributed by atoms with van der Waals surface area (Å²) in [6, 6.07) is 0.244. The Balaban J connectivity index is 2.12. The first-order valence-corrected chi connectivity index (χ1v) is 5.92. The van der Waals surface area contributed by atoms with Gasteiger partial charge in [-0.1, -0.05) is 0 Å². The van der Waals surface area contributed by atoms with E-state index in [1.165, 1.54) is 7.11 Å². The van der Waals surface area contributed by atoms with Crippen LogP contribution in [0, 0.1) is 0 Å². The van der Waals surface area contributed by atoms with Crippen LogP contribution in [0.15, 0.2) is 0 Å². The van der Waals surface area contributed by atoms with Gasteiger partial charge in [0.25, 0.3) is 0 Å². The first-order chi connectivity index (χ1) is 7.26. The number of methoxy groups -OCH3 is 1. The molecule has 1 fully saturated rings. The number of halogens is 1. The number of unbranched alkanes of at least 4 members (excludes halogenated alkanes) is 1. The first-order valence-electron chi connectivity index (χ1n) is 5.39. The van der Waals surface area contributed by atoms with Gasteiger partial charge in [-0.05, 0) is 25.8 Å². The fourth-order valence-corrected chi connectivity index (χ4v) is 2.00. The van der Waals surface area contributed by atoms with Gasteiger partial charge in [-0.25, -0.2) is 4.79 Å². The highest BCUT2D eigenvalue weighted by Gasteiger charge is 2.23. The van der Waals surface area contributed by atoms with Gasteiger partial charge in [0.1, 0.15) is 0 Å². The zero-order chi connectivity index (χ0) is 11.1. The van der Waals surface area contributed by atoms with Crippen LogP contribution in [-0.2, 0) is 4.74 Å². The van der Waals surface area contributed by atoms with Crippen LogP contribution in [-0.4, -0.2) is 49.7 Å². The summed E-state index contributed by atoms with van der Waals surface area (Å²) in [6.07, 6.45) is 2.88. The summed E-state index contributed by atoms with van der Waals surface area (Å²) >= 11 is 5.61. The summed E-state index contributed by atoms with van der Waals surface area (Å²) < 4.78 is 4.56. The third-order valence-electron chi connectivity index (χ3n) is 2.64. The van der Waals surface area contributed by atoms with Gasteiger partial charge in [0.05, 0.1) is 7.11 Å². The molecule has 15 heavy (non-hydrogen) atoms. The molecule has 0 aliphatic carbocycles. The highest BCUT2D eigenvalue weighted by Crippen LogP contribution is 2.10. The molecule has 1 aliphatic heterocycles. The number of nitrogens with one attached hydrogen (secondary N) is 1. The highest BCUT2D eigenvalue weighted by atomic mass is 35.5. The van der Waals surface area contributed by atoms with Crippen molar-refractivity contribution in [1.82, 2.24) is 10.2 Å². The smallest absolute Gasteiger partial charge is 0.407 e. The molecule has 1 N–H and O–H groups in total. The Morgan fingerprint density at radius 3 is 3.07 bits per heavy atom. The van der Waals surface area contributed by atoms with E-state index in [1.807, 2.05) is 0 Å². The number of alkyl carbamates (subject to hydrolysis) is 1. The molecular weight excluding hydrogens is 216 g/mol. The molecule has 0 spiro atoms. The highest BCUT2D eigenvalue weighted by molar-refractivity contribution is 6.17. The van der Waals surface area contributed by atoms with Crippen LogP contribution in [0.3, 0.4) is 0 Å². The van der Waals surface area contributed by atoms with Crippen molar-refractivity contribution < 1.29 is 9.53 Å². The molecule has 1 atom stereocenters. The number of hydrogen-bond donors (Lipinski definition) is 1. The lowest BCUT2D eigenvalue weighted by molar-refractivity contribution is 0.166. The van der Waals surface area contributed by atoms with E-state index in [4.69, 9.17) is 11.6 Å². The van der Waals surface area contributed by atoms with E-state index in [0.717, 1.165) is 44.8 Å². The topological polar surface area (TPSA) is 41.6 Å². The summed E-state index contributed by atoms with van der Waals surface area (Å²) in [5, 5.41) is 2.82. The number of rotatable bonds is 5. The van der Waals surface area contributed by atoms with Crippen molar-refractivity contribution >= 4 is 17.7 Å². The van der Waals surface area contributed by atoms with E-state index in [-0.39, 0.29) is 12.1 Å². The molecule has 0 bridgehead atoms. The Kier molecular flexibility index (Phi) is 5.79. The number of nitrogens with zero attached hydrogens (tertiary/aromatic N) is 1. The maximum absolute atomic E-state index is 11.0. The van der Waals surface area contributed by atoms with Crippen molar-refractivity contribution in [3.63, 3.8) is 0 Å². The number of hydrogen-bond acceptors (Lipinski definition) is 3. The van der Waals surface area contributed by atoms with Gasteiger partial charge in [0.2, 0.25) is 0 Å². The second-order valence-corrected chi connectivity index (χ2v) is 4.20. The fourth-order valence-electron chi connectivity index (χ4n) is 1.81. The lowest BCUT2D eigenvalue weighted by Crippen LogP contribution is -2.37. The van der Waals surface area contributed by atoms with Crippen molar-refractivity contribution in [3.8, 4) is 0 Å². The zero-order valence-electron chi connectivity index (χ0n) is 9.17. The average molecular weight is 235 g/mol. The molecule has 1 amide bonds.